The molecule has 0 unspecified atom stereocenters. The Hall–Kier alpha value is -2.57. The van der Waals surface area contributed by atoms with Gasteiger partial charge in [0.1, 0.15) is 5.75 Å². The van der Waals surface area contributed by atoms with Crippen LogP contribution in [0.1, 0.15) is 37.6 Å². The third-order valence-corrected chi connectivity index (χ3v) is 3.01. The molecule has 0 radical (unpaired) electrons. The fraction of sp³-hybridized carbons (Fsp3) is 0.500. The van der Waals surface area contributed by atoms with E-state index in [0.717, 1.165) is 6.42 Å². The summed E-state index contributed by atoms with van der Waals surface area (Å²) in [5.41, 5.74) is 0.301. The van der Waals surface area contributed by atoms with E-state index < -0.39 is 18.5 Å². The summed E-state index contributed by atoms with van der Waals surface area (Å²) in [6.07, 6.45) is 0.817. The number of carbonyl (C=O) groups excluding carboxylic acids is 3. The van der Waals surface area contributed by atoms with Crippen molar-refractivity contribution in [2.75, 3.05) is 26.3 Å². The summed E-state index contributed by atoms with van der Waals surface area (Å²) in [4.78, 5) is 35.0. The zero-order chi connectivity index (χ0) is 18.7. The molecule has 0 aliphatic heterocycles. The van der Waals surface area contributed by atoms with Crippen LogP contribution in [-0.2, 0) is 14.3 Å². The molecule has 0 spiro atoms. The van der Waals surface area contributed by atoms with Crippen LogP contribution >= 0.6 is 0 Å². The molecule has 0 aliphatic carbocycles. The molecular formula is C18H26N2O5. The van der Waals surface area contributed by atoms with Crippen molar-refractivity contribution in [2.45, 2.75) is 27.2 Å². The fourth-order valence-electron chi connectivity index (χ4n) is 1.75. The van der Waals surface area contributed by atoms with Crippen molar-refractivity contribution in [3.05, 3.63) is 29.8 Å². The van der Waals surface area contributed by atoms with Crippen LogP contribution in [0.15, 0.2) is 24.3 Å². The van der Waals surface area contributed by atoms with E-state index >= 15 is 0 Å². The van der Waals surface area contributed by atoms with Gasteiger partial charge in [0.2, 0.25) is 5.91 Å². The second-order valence-electron chi connectivity index (χ2n) is 5.94. The van der Waals surface area contributed by atoms with Gasteiger partial charge in [-0.3, -0.25) is 9.59 Å². The van der Waals surface area contributed by atoms with Crippen LogP contribution in [0.3, 0.4) is 0 Å². The number of benzene rings is 1. The Balaban J connectivity index is 2.39. The van der Waals surface area contributed by atoms with Crippen molar-refractivity contribution < 1.29 is 23.9 Å². The highest BCUT2D eigenvalue weighted by atomic mass is 16.5. The van der Waals surface area contributed by atoms with Gasteiger partial charge in [0.15, 0.2) is 6.61 Å². The molecule has 138 valence electrons. The Labute approximate surface area is 148 Å². The number of esters is 1. The molecule has 0 saturated carbocycles. The van der Waals surface area contributed by atoms with Crippen LogP contribution in [0.25, 0.3) is 0 Å². The highest BCUT2D eigenvalue weighted by Crippen LogP contribution is 2.15. The van der Waals surface area contributed by atoms with E-state index in [1.54, 1.807) is 24.3 Å². The first-order valence-electron chi connectivity index (χ1n) is 8.35. The standard InChI is InChI=1S/C18H26N2O5/c1-4-8-19-16(21)10-20-17(22)12-25-18(23)14-6-5-7-15(9-14)24-11-13(2)3/h5-7,9,13H,4,8,10-12H2,1-3H3,(H,19,21)(H,20,22). The SMILES string of the molecule is CCCNC(=O)CNC(=O)COC(=O)c1cccc(OCC(C)C)c1. The number of carbonyl (C=O) groups is 3. The van der Waals surface area contributed by atoms with Crippen LogP contribution in [0, 0.1) is 5.92 Å². The molecule has 0 atom stereocenters. The molecule has 25 heavy (non-hydrogen) atoms. The molecule has 0 fully saturated rings. The topological polar surface area (TPSA) is 93.7 Å². The lowest BCUT2D eigenvalue weighted by atomic mass is 10.2. The van der Waals surface area contributed by atoms with Gasteiger partial charge in [-0.25, -0.2) is 4.79 Å². The molecular weight excluding hydrogens is 324 g/mol. The predicted octanol–water partition coefficient (Wildman–Crippen LogP) is 1.52. The lowest BCUT2D eigenvalue weighted by molar-refractivity contribution is -0.127. The predicted molar refractivity (Wildman–Crippen MR) is 93.4 cm³/mol. The van der Waals surface area contributed by atoms with Gasteiger partial charge in [0.05, 0.1) is 18.7 Å². The van der Waals surface area contributed by atoms with Gasteiger partial charge in [0, 0.05) is 6.54 Å². The average Bonchev–Trinajstić information content (AvgIpc) is 2.61. The van der Waals surface area contributed by atoms with Gasteiger partial charge in [-0.15, -0.1) is 0 Å². The van der Waals surface area contributed by atoms with Gasteiger partial charge in [-0.1, -0.05) is 26.8 Å². The van der Waals surface area contributed by atoms with Crippen molar-refractivity contribution in [1.29, 1.82) is 0 Å². The fourth-order valence-corrected chi connectivity index (χ4v) is 1.75. The highest BCUT2D eigenvalue weighted by Gasteiger charge is 2.12. The van der Waals surface area contributed by atoms with E-state index in [1.165, 1.54) is 0 Å². The minimum atomic E-state index is -0.624. The molecule has 1 rings (SSSR count). The third kappa shape index (κ3) is 8.74. The van der Waals surface area contributed by atoms with Crippen molar-refractivity contribution in [1.82, 2.24) is 10.6 Å². The molecule has 0 aromatic heterocycles. The van der Waals surface area contributed by atoms with Crippen LogP contribution < -0.4 is 15.4 Å². The maximum atomic E-state index is 12.0. The second-order valence-corrected chi connectivity index (χ2v) is 5.94. The lowest BCUT2D eigenvalue weighted by Gasteiger charge is -2.10. The van der Waals surface area contributed by atoms with Crippen molar-refractivity contribution in [3.8, 4) is 5.75 Å². The minimum absolute atomic E-state index is 0.144. The molecule has 2 amide bonds. The van der Waals surface area contributed by atoms with Gasteiger partial charge in [-0.05, 0) is 30.5 Å². The Morgan fingerprint density at radius 2 is 1.88 bits per heavy atom. The molecule has 7 nitrogen and oxygen atoms in total. The molecule has 7 heteroatoms. The first kappa shape index (κ1) is 20.5. The number of nitrogens with one attached hydrogen (secondary N) is 2. The van der Waals surface area contributed by atoms with Crippen molar-refractivity contribution >= 4 is 17.8 Å². The number of rotatable bonds is 10. The zero-order valence-electron chi connectivity index (χ0n) is 15.0. The molecule has 2 N–H and O–H groups in total. The van der Waals surface area contributed by atoms with E-state index in [0.29, 0.717) is 30.4 Å². The molecule has 1 aromatic rings. The number of ether oxygens (including phenoxy) is 2. The zero-order valence-corrected chi connectivity index (χ0v) is 15.0. The lowest BCUT2D eigenvalue weighted by Crippen LogP contribution is -2.38. The molecule has 0 heterocycles. The second kappa shape index (κ2) is 11.1. The summed E-state index contributed by atoms with van der Waals surface area (Å²) in [6.45, 7) is 6.49. The van der Waals surface area contributed by atoms with Crippen molar-refractivity contribution in [2.24, 2.45) is 5.92 Å². The van der Waals surface area contributed by atoms with Crippen LogP contribution in [0.4, 0.5) is 0 Å². The summed E-state index contributed by atoms with van der Waals surface area (Å²) >= 11 is 0. The summed E-state index contributed by atoms with van der Waals surface area (Å²) in [6, 6.07) is 6.59. The summed E-state index contributed by atoms with van der Waals surface area (Å²) in [7, 11) is 0. The average molecular weight is 350 g/mol. The van der Waals surface area contributed by atoms with E-state index in [2.05, 4.69) is 10.6 Å². The number of amides is 2. The Bertz CT molecular complexity index is 587. The number of hydrogen-bond donors (Lipinski definition) is 2. The molecule has 1 aromatic carbocycles. The summed E-state index contributed by atoms with van der Waals surface area (Å²) in [5, 5.41) is 5.02. The monoisotopic (exact) mass is 350 g/mol. The normalized spacial score (nSPS) is 10.2. The maximum absolute atomic E-state index is 12.0. The summed E-state index contributed by atoms with van der Waals surface area (Å²) in [5.74, 6) is -0.502. The molecule has 0 saturated heterocycles. The van der Waals surface area contributed by atoms with Crippen LogP contribution in [-0.4, -0.2) is 44.1 Å². The highest BCUT2D eigenvalue weighted by molar-refractivity contribution is 5.92. The first-order valence-corrected chi connectivity index (χ1v) is 8.35. The third-order valence-electron chi connectivity index (χ3n) is 3.01. The molecule has 0 aliphatic rings. The summed E-state index contributed by atoms with van der Waals surface area (Å²) < 4.78 is 10.5. The van der Waals surface area contributed by atoms with Crippen molar-refractivity contribution in [3.63, 3.8) is 0 Å². The molecule has 0 bridgehead atoms. The quantitative estimate of drug-likeness (QED) is 0.624. The van der Waals surface area contributed by atoms with Crippen LogP contribution in [0.5, 0.6) is 5.75 Å². The maximum Gasteiger partial charge on any atom is 0.338 e. The smallest absolute Gasteiger partial charge is 0.338 e. The first-order chi connectivity index (χ1) is 11.9. The Morgan fingerprint density at radius 1 is 1.12 bits per heavy atom. The van der Waals surface area contributed by atoms with E-state index in [4.69, 9.17) is 9.47 Å². The van der Waals surface area contributed by atoms with Gasteiger partial charge < -0.3 is 20.1 Å². The minimum Gasteiger partial charge on any atom is -0.493 e. The number of hydrogen-bond acceptors (Lipinski definition) is 5. The largest absolute Gasteiger partial charge is 0.493 e. The van der Waals surface area contributed by atoms with Gasteiger partial charge in [-0.2, -0.15) is 0 Å². The Kier molecular flexibility index (Phi) is 9.06. The van der Waals surface area contributed by atoms with E-state index in [-0.39, 0.29) is 12.5 Å². The van der Waals surface area contributed by atoms with E-state index in [9.17, 15) is 14.4 Å². The van der Waals surface area contributed by atoms with Gasteiger partial charge in [0.25, 0.3) is 5.91 Å². The van der Waals surface area contributed by atoms with E-state index in [1.807, 2.05) is 20.8 Å². The van der Waals surface area contributed by atoms with Crippen LogP contribution in [0.2, 0.25) is 0 Å². The van der Waals surface area contributed by atoms with Gasteiger partial charge >= 0.3 is 5.97 Å². The Morgan fingerprint density at radius 3 is 2.56 bits per heavy atom.